The standard InChI is InChI=1S/C25H35NO3S/c1-5-7-8-11-19-14-22(27-6-2)24(20-12-9-10-18(3)13-20)23(15-19)29-25(30)28-17-21-16-26(21)4/h6,13-15,20-21H,2,5,7-12,16-17H2,1,3-4H3/t20-,21?,26?/m0/s1. The summed E-state index contributed by atoms with van der Waals surface area (Å²) in [5.41, 5.74) is 3.65. The highest BCUT2D eigenvalue weighted by Crippen LogP contribution is 2.43. The molecule has 0 saturated carbocycles. The van der Waals surface area contributed by atoms with Crippen LogP contribution in [0.2, 0.25) is 0 Å². The first kappa shape index (κ1) is 22.8. The van der Waals surface area contributed by atoms with Crippen LogP contribution in [-0.2, 0) is 11.2 Å². The first-order chi connectivity index (χ1) is 14.5. The van der Waals surface area contributed by atoms with E-state index in [0.29, 0.717) is 12.6 Å². The molecule has 0 radical (unpaired) electrons. The Labute approximate surface area is 186 Å². The Morgan fingerprint density at radius 1 is 1.30 bits per heavy atom. The van der Waals surface area contributed by atoms with Gasteiger partial charge in [-0.1, -0.05) is 38.0 Å². The van der Waals surface area contributed by atoms with Crippen LogP contribution in [0.5, 0.6) is 11.5 Å². The van der Waals surface area contributed by atoms with Crippen LogP contribution in [0.3, 0.4) is 0 Å². The summed E-state index contributed by atoms with van der Waals surface area (Å²) in [5, 5.41) is 0.184. The highest BCUT2D eigenvalue weighted by molar-refractivity contribution is 7.79. The number of aryl methyl sites for hydroxylation is 1. The molecule has 0 aromatic heterocycles. The van der Waals surface area contributed by atoms with Crippen molar-refractivity contribution >= 4 is 17.5 Å². The van der Waals surface area contributed by atoms with E-state index in [1.54, 1.807) is 0 Å². The van der Waals surface area contributed by atoms with Crippen LogP contribution in [0.15, 0.2) is 36.6 Å². The molecule has 1 aliphatic heterocycles. The Morgan fingerprint density at radius 3 is 2.73 bits per heavy atom. The van der Waals surface area contributed by atoms with Crippen LogP contribution in [0.25, 0.3) is 0 Å². The maximum Gasteiger partial charge on any atom is 0.357 e. The fourth-order valence-electron chi connectivity index (χ4n) is 4.10. The van der Waals surface area contributed by atoms with Gasteiger partial charge in [-0.2, -0.15) is 0 Å². The Kier molecular flexibility index (Phi) is 8.34. The number of thiocarbonyl (C=S) groups is 1. The van der Waals surface area contributed by atoms with Crippen LogP contribution >= 0.6 is 12.2 Å². The molecule has 5 heteroatoms. The summed E-state index contributed by atoms with van der Waals surface area (Å²) in [6.45, 7) is 9.81. The molecular weight excluding hydrogens is 394 g/mol. The predicted molar refractivity (Wildman–Crippen MR) is 126 cm³/mol. The normalized spacial score (nSPS) is 22.8. The van der Waals surface area contributed by atoms with Crippen molar-refractivity contribution < 1.29 is 14.2 Å². The van der Waals surface area contributed by atoms with Gasteiger partial charge in [0.25, 0.3) is 0 Å². The summed E-state index contributed by atoms with van der Waals surface area (Å²) < 4.78 is 17.7. The highest BCUT2D eigenvalue weighted by atomic mass is 32.1. The van der Waals surface area contributed by atoms with E-state index in [9.17, 15) is 0 Å². The molecule has 0 amide bonds. The summed E-state index contributed by atoms with van der Waals surface area (Å²) in [6.07, 6.45) is 11.7. The van der Waals surface area contributed by atoms with Gasteiger partial charge in [-0.25, -0.2) is 0 Å². The summed E-state index contributed by atoms with van der Waals surface area (Å²) in [5.74, 6) is 1.81. The van der Waals surface area contributed by atoms with Gasteiger partial charge in [-0.3, -0.25) is 4.90 Å². The minimum atomic E-state index is 0.184. The maximum absolute atomic E-state index is 6.13. The van der Waals surface area contributed by atoms with Gasteiger partial charge in [0.1, 0.15) is 18.1 Å². The van der Waals surface area contributed by atoms with Crippen molar-refractivity contribution in [2.45, 2.75) is 70.8 Å². The van der Waals surface area contributed by atoms with Gasteiger partial charge in [0.15, 0.2) is 0 Å². The molecule has 0 N–H and O–H groups in total. The molecule has 30 heavy (non-hydrogen) atoms. The fourth-order valence-corrected chi connectivity index (χ4v) is 4.26. The molecule has 1 aliphatic carbocycles. The zero-order valence-electron chi connectivity index (χ0n) is 18.6. The van der Waals surface area contributed by atoms with Gasteiger partial charge in [0.05, 0.1) is 12.3 Å². The van der Waals surface area contributed by atoms with E-state index in [-0.39, 0.29) is 11.2 Å². The first-order valence-electron chi connectivity index (χ1n) is 11.2. The largest absolute Gasteiger partial charge is 0.465 e. The van der Waals surface area contributed by atoms with Crippen molar-refractivity contribution in [2.24, 2.45) is 0 Å². The van der Waals surface area contributed by atoms with Gasteiger partial charge in [-0.05, 0) is 63.8 Å². The van der Waals surface area contributed by atoms with E-state index in [2.05, 4.69) is 50.6 Å². The van der Waals surface area contributed by atoms with Gasteiger partial charge < -0.3 is 14.2 Å². The van der Waals surface area contributed by atoms with Gasteiger partial charge in [0.2, 0.25) is 0 Å². The number of allylic oxidation sites excluding steroid dienone is 2. The summed E-state index contributed by atoms with van der Waals surface area (Å²) >= 11 is 5.42. The van der Waals surface area contributed by atoms with Crippen molar-refractivity contribution in [3.63, 3.8) is 0 Å². The van der Waals surface area contributed by atoms with Crippen molar-refractivity contribution in [3.05, 3.63) is 47.7 Å². The third-order valence-corrected chi connectivity index (χ3v) is 6.16. The third-order valence-electron chi connectivity index (χ3n) is 5.96. The zero-order valence-corrected chi connectivity index (χ0v) is 19.4. The Balaban J connectivity index is 1.88. The number of unbranched alkanes of at least 4 members (excludes halogenated alkanes) is 2. The van der Waals surface area contributed by atoms with E-state index in [1.165, 1.54) is 30.2 Å². The Hall–Kier alpha value is -1.85. The monoisotopic (exact) mass is 429 g/mol. The lowest BCUT2D eigenvalue weighted by molar-refractivity contribution is 0.238. The van der Waals surface area contributed by atoms with Crippen LogP contribution in [0, 0.1) is 0 Å². The van der Waals surface area contributed by atoms with Crippen LogP contribution in [0.1, 0.15) is 69.4 Å². The van der Waals surface area contributed by atoms with E-state index in [4.69, 9.17) is 26.4 Å². The molecule has 3 rings (SSSR count). The van der Waals surface area contributed by atoms with Crippen molar-refractivity contribution in [1.82, 2.24) is 4.90 Å². The molecule has 1 heterocycles. The molecule has 1 aromatic carbocycles. The molecular formula is C25H35NO3S. The molecule has 4 nitrogen and oxygen atoms in total. The summed E-state index contributed by atoms with van der Waals surface area (Å²) in [6, 6.07) is 4.70. The number of hydrogen-bond acceptors (Lipinski definition) is 5. The van der Waals surface area contributed by atoms with Gasteiger partial charge in [-0.15, -0.1) is 0 Å². The van der Waals surface area contributed by atoms with E-state index in [1.807, 2.05) is 0 Å². The van der Waals surface area contributed by atoms with E-state index < -0.39 is 0 Å². The molecule has 0 spiro atoms. The van der Waals surface area contributed by atoms with Gasteiger partial charge in [0, 0.05) is 30.2 Å². The van der Waals surface area contributed by atoms with Crippen LogP contribution < -0.4 is 9.47 Å². The summed E-state index contributed by atoms with van der Waals surface area (Å²) in [4.78, 5) is 2.22. The molecule has 164 valence electrons. The second-order valence-corrected chi connectivity index (χ2v) is 8.85. The predicted octanol–water partition coefficient (Wildman–Crippen LogP) is 6.15. The number of rotatable bonds is 10. The Morgan fingerprint density at radius 2 is 2.07 bits per heavy atom. The van der Waals surface area contributed by atoms with Crippen LogP contribution in [-0.4, -0.2) is 36.4 Å². The number of benzene rings is 1. The molecule has 2 aliphatic rings. The fraction of sp³-hybridized carbons (Fsp3) is 0.560. The molecule has 2 unspecified atom stereocenters. The zero-order chi connectivity index (χ0) is 21.5. The molecule has 1 aromatic rings. The van der Waals surface area contributed by atoms with Crippen molar-refractivity contribution in [1.29, 1.82) is 0 Å². The number of likely N-dealkylation sites (N-methyl/N-ethyl adjacent to an activating group) is 1. The average Bonchev–Trinajstić information content (AvgIpc) is 3.42. The lowest BCUT2D eigenvalue weighted by atomic mass is 9.84. The maximum atomic E-state index is 6.13. The first-order valence-corrected chi connectivity index (χ1v) is 11.6. The van der Waals surface area contributed by atoms with Crippen molar-refractivity contribution in [3.8, 4) is 11.5 Å². The third kappa shape index (κ3) is 6.32. The second-order valence-electron chi connectivity index (χ2n) is 8.52. The number of nitrogens with zero attached hydrogens (tertiary/aromatic N) is 1. The topological polar surface area (TPSA) is 30.7 Å². The smallest absolute Gasteiger partial charge is 0.357 e. The number of ether oxygens (including phenoxy) is 3. The molecule has 1 fully saturated rings. The summed E-state index contributed by atoms with van der Waals surface area (Å²) in [7, 11) is 2.08. The second kappa shape index (κ2) is 11.0. The quantitative estimate of drug-likeness (QED) is 0.146. The Bertz CT molecular complexity index is 789. The highest BCUT2D eigenvalue weighted by Gasteiger charge is 2.31. The minimum Gasteiger partial charge on any atom is -0.465 e. The van der Waals surface area contributed by atoms with Crippen LogP contribution in [0.4, 0.5) is 0 Å². The lowest BCUT2D eigenvalue weighted by Gasteiger charge is -2.25. The lowest BCUT2D eigenvalue weighted by Crippen LogP contribution is -2.17. The SMILES string of the molecule is C=COc1cc(CCCCC)cc(OC(=S)OCC2CN2C)c1[C@@H]1C=C(C)CCC1. The van der Waals surface area contributed by atoms with Gasteiger partial charge >= 0.3 is 5.24 Å². The number of hydrogen-bond donors (Lipinski definition) is 0. The molecule has 3 atom stereocenters. The minimum absolute atomic E-state index is 0.184. The van der Waals surface area contributed by atoms with E-state index in [0.717, 1.165) is 55.7 Å². The van der Waals surface area contributed by atoms with Crippen molar-refractivity contribution in [2.75, 3.05) is 20.2 Å². The average molecular weight is 430 g/mol. The molecule has 0 bridgehead atoms. The molecule has 1 saturated heterocycles. The van der Waals surface area contributed by atoms with E-state index >= 15 is 0 Å².